The van der Waals surface area contributed by atoms with Gasteiger partial charge in [0.15, 0.2) is 5.78 Å². The van der Waals surface area contributed by atoms with Crippen LogP contribution in [-0.2, 0) is 24.9 Å². The number of nitrogens with zero attached hydrogens (tertiary/aromatic N) is 1. The van der Waals surface area contributed by atoms with Crippen LogP contribution >= 0.6 is 0 Å². The molecule has 40 heavy (non-hydrogen) atoms. The Morgan fingerprint density at radius 2 is 1.45 bits per heavy atom. The summed E-state index contributed by atoms with van der Waals surface area (Å²) in [4.78, 5) is 16.4. The summed E-state index contributed by atoms with van der Waals surface area (Å²) in [5.41, 5.74) is 2.23. The van der Waals surface area contributed by atoms with E-state index >= 15 is 0 Å². The monoisotopic (exact) mass is 845 g/mol. The Morgan fingerprint density at radius 1 is 0.875 bits per heavy atom. The maximum atomic E-state index is 11.7. The van der Waals surface area contributed by atoms with E-state index in [4.69, 9.17) is 0 Å². The molecule has 0 unspecified atom stereocenters. The summed E-state index contributed by atoms with van der Waals surface area (Å²) < 4.78 is 3.05. The summed E-state index contributed by atoms with van der Waals surface area (Å²) >= 11 is -3.84. The van der Waals surface area contributed by atoms with Gasteiger partial charge in [0.25, 0.3) is 0 Å². The number of ketones is 1. The van der Waals surface area contributed by atoms with Crippen molar-refractivity contribution < 1.29 is 30.0 Å². The SMILES string of the molecule is CCC(CC)C(=O)/C=C(\O)C(CC)CC.[CH3][Ge]([CH3])([CH3])[c]1ccnc(-c2[c-]c3ccccc3[c]([Ge]([CH3])([CH3])[CH3])c2)c1.[Ir]. The van der Waals surface area contributed by atoms with E-state index < -0.39 is 26.5 Å². The summed E-state index contributed by atoms with van der Waals surface area (Å²) in [6, 6.07) is 19.2. The zero-order chi connectivity index (χ0) is 29.4. The molecule has 0 spiro atoms. The van der Waals surface area contributed by atoms with E-state index in [2.05, 4.69) is 88.1 Å². The van der Waals surface area contributed by atoms with Crippen LogP contribution in [0.15, 0.2) is 60.5 Å². The van der Waals surface area contributed by atoms with Crippen molar-refractivity contribution in [1.82, 2.24) is 4.98 Å². The van der Waals surface area contributed by atoms with Gasteiger partial charge in [-0.05, 0) is 25.7 Å². The van der Waals surface area contributed by atoms with Crippen molar-refractivity contribution in [3.63, 3.8) is 0 Å². The van der Waals surface area contributed by atoms with E-state index in [1.807, 2.05) is 33.9 Å². The number of aliphatic hydroxyl groups is 1. The molecule has 3 aromatic rings. The molecular weight excluding hydrogens is 792 g/mol. The van der Waals surface area contributed by atoms with E-state index in [9.17, 15) is 9.90 Å². The molecular formula is C34H50Ge2IrNO2-. The maximum Gasteiger partial charge on any atom is 0 e. The van der Waals surface area contributed by atoms with Crippen molar-refractivity contribution in [2.24, 2.45) is 11.8 Å². The molecule has 2 aromatic carbocycles. The standard InChI is InChI=1S/C21H26Ge2N.C13H24O2.Ir/c1-22(2,3)18-11-12-24-21(15-18)17-13-16-9-7-8-10-19(16)20(14-17)23(4,5)6;1-5-10(6-2)12(14)9-13(15)11(7-3)8-4;/h7-12,14-15H,1-6H3;9-11,14H,5-8H2,1-4H3;/q-1;;/b;12-9-;. The molecule has 6 heteroatoms. The molecule has 0 aliphatic rings. The third-order valence-electron chi connectivity index (χ3n) is 7.57. The third kappa shape index (κ3) is 10.3. The van der Waals surface area contributed by atoms with Crippen LogP contribution in [0.2, 0.25) is 34.5 Å². The molecule has 1 aromatic heterocycles. The second-order valence-electron chi connectivity index (χ2n) is 12.6. The molecule has 0 atom stereocenters. The molecule has 0 amide bonds. The minimum atomic E-state index is -1.99. The Labute approximate surface area is 262 Å². The molecule has 0 saturated carbocycles. The van der Waals surface area contributed by atoms with Gasteiger partial charge in [-0.3, -0.25) is 4.79 Å². The predicted octanol–water partition coefficient (Wildman–Crippen LogP) is 8.66. The topological polar surface area (TPSA) is 50.2 Å². The van der Waals surface area contributed by atoms with E-state index in [0.29, 0.717) is 0 Å². The van der Waals surface area contributed by atoms with Crippen LogP contribution in [0.25, 0.3) is 22.0 Å². The minimum absolute atomic E-state index is 0. The van der Waals surface area contributed by atoms with Gasteiger partial charge >= 0.3 is 152 Å². The molecule has 0 saturated heterocycles. The molecule has 0 aliphatic carbocycles. The number of rotatable bonds is 10. The number of aliphatic hydroxyl groups excluding tert-OH is 1. The van der Waals surface area contributed by atoms with Crippen molar-refractivity contribution in [2.45, 2.75) is 87.9 Å². The van der Waals surface area contributed by atoms with E-state index in [1.54, 1.807) is 4.40 Å². The van der Waals surface area contributed by atoms with Crippen LogP contribution in [-0.4, -0.2) is 42.4 Å². The van der Waals surface area contributed by atoms with Crippen LogP contribution in [0.1, 0.15) is 53.4 Å². The Morgan fingerprint density at radius 3 is 1.98 bits per heavy atom. The van der Waals surface area contributed by atoms with E-state index in [1.165, 1.54) is 21.2 Å². The molecule has 3 nitrogen and oxygen atoms in total. The number of aromatic nitrogens is 1. The summed E-state index contributed by atoms with van der Waals surface area (Å²) in [5.74, 6) is 15.2. The Hall–Kier alpha value is -1.20. The van der Waals surface area contributed by atoms with E-state index in [-0.39, 0.29) is 43.5 Å². The summed E-state index contributed by atoms with van der Waals surface area (Å²) in [6.07, 6.45) is 6.88. The van der Waals surface area contributed by atoms with Gasteiger partial charge in [-0.15, -0.1) is 0 Å². The van der Waals surface area contributed by atoms with Crippen molar-refractivity contribution >= 4 is 51.9 Å². The molecule has 3 rings (SSSR count). The van der Waals surface area contributed by atoms with Crippen molar-refractivity contribution in [2.75, 3.05) is 0 Å². The first-order valence-electron chi connectivity index (χ1n) is 14.6. The summed E-state index contributed by atoms with van der Waals surface area (Å²) in [5, 5.41) is 12.4. The van der Waals surface area contributed by atoms with Crippen LogP contribution in [0.4, 0.5) is 0 Å². The number of hydrogen-bond donors (Lipinski definition) is 1. The van der Waals surface area contributed by atoms with Gasteiger partial charge in [-0.2, -0.15) is 0 Å². The van der Waals surface area contributed by atoms with Crippen molar-refractivity contribution in [3.8, 4) is 11.3 Å². The van der Waals surface area contributed by atoms with Crippen molar-refractivity contribution in [3.05, 3.63) is 66.6 Å². The molecule has 221 valence electrons. The van der Waals surface area contributed by atoms with Gasteiger partial charge in [-0.25, -0.2) is 0 Å². The number of pyridine rings is 1. The van der Waals surface area contributed by atoms with Gasteiger partial charge in [0, 0.05) is 38.0 Å². The normalized spacial score (nSPS) is 12.2. The average Bonchev–Trinajstić information content (AvgIpc) is 2.89. The second-order valence-corrected chi connectivity index (χ2v) is 33.8. The van der Waals surface area contributed by atoms with Gasteiger partial charge in [0.05, 0.1) is 5.76 Å². The first-order chi connectivity index (χ1) is 18.3. The maximum absolute atomic E-state index is 11.7. The average molecular weight is 842 g/mol. The Bertz CT molecular complexity index is 1270. The first kappa shape index (κ1) is 36.8. The van der Waals surface area contributed by atoms with Crippen LogP contribution in [0.5, 0.6) is 0 Å². The van der Waals surface area contributed by atoms with Gasteiger partial charge in [-0.1, -0.05) is 27.7 Å². The fourth-order valence-corrected chi connectivity index (χ4v) is 10.6. The Balaban J connectivity index is 0.000000437. The summed E-state index contributed by atoms with van der Waals surface area (Å²) in [6.45, 7) is 8.07. The zero-order valence-electron chi connectivity index (χ0n) is 26.3. The van der Waals surface area contributed by atoms with Gasteiger partial charge < -0.3 is 5.11 Å². The predicted molar refractivity (Wildman–Crippen MR) is 176 cm³/mol. The van der Waals surface area contributed by atoms with Gasteiger partial charge in [0.1, 0.15) is 0 Å². The van der Waals surface area contributed by atoms with Crippen LogP contribution < -0.4 is 8.79 Å². The quantitative estimate of drug-likeness (QED) is 0.0964. The van der Waals surface area contributed by atoms with Gasteiger partial charge in [0.2, 0.25) is 0 Å². The third-order valence-corrected chi connectivity index (χ3v) is 16.1. The molecule has 0 bridgehead atoms. The van der Waals surface area contributed by atoms with Crippen LogP contribution in [0, 0.1) is 17.9 Å². The molecule has 1 radical (unpaired) electrons. The van der Waals surface area contributed by atoms with E-state index in [0.717, 1.165) is 36.9 Å². The number of benzene rings is 2. The molecule has 1 N–H and O–H groups in total. The molecule has 0 aliphatic heterocycles. The second kappa shape index (κ2) is 16.4. The fraction of sp³-hybridized carbons (Fsp3) is 0.471. The zero-order valence-corrected chi connectivity index (χ0v) is 32.9. The molecule has 0 fully saturated rings. The number of carbonyl (C=O) groups excluding carboxylic acids is 1. The number of allylic oxidation sites excluding steroid dienone is 2. The van der Waals surface area contributed by atoms with Crippen LogP contribution in [0.3, 0.4) is 0 Å². The number of fused-ring (bicyclic) bond motifs is 1. The fourth-order valence-electron chi connectivity index (χ4n) is 4.81. The summed E-state index contributed by atoms with van der Waals surface area (Å²) in [7, 11) is 0. The minimum Gasteiger partial charge on any atom is 0 e. The smallest absolute Gasteiger partial charge is 0 e. The van der Waals surface area contributed by atoms with Crippen molar-refractivity contribution in [1.29, 1.82) is 0 Å². The first-order valence-corrected chi connectivity index (χ1v) is 29.3. The Kier molecular flexibility index (Phi) is 15.1. The number of carbonyl (C=O) groups is 1. The molecule has 1 heterocycles. The number of hydrogen-bond acceptors (Lipinski definition) is 3. The largest absolute Gasteiger partial charge is 0 e.